The summed E-state index contributed by atoms with van der Waals surface area (Å²) in [6, 6.07) is 12.6. The van der Waals surface area contributed by atoms with Crippen LogP contribution in [0.2, 0.25) is 0 Å². The second-order valence-corrected chi connectivity index (χ2v) is 5.46. The van der Waals surface area contributed by atoms with E-state index in [1.807, 2.05) is 37.3 Å². The molecule has 1 aromatic carbocycles. The lowest BCUT2D eigenvalue weighted by atomic mass is 10.1. The average Bonchev–Trinajstić information content (AvgIpc) is 2.65. The zero-order valence-electron chi connectivity index (χ0n) is 14.3. The molecule has 1 aromatic heterocycles. The molecular formula is C18H23N3O4. The largest absolute Gasteiger partial charge is 0.481 e. The highest BCUT2D eigenvalue weighted by Crippen LogP contribution is 2.15. The van der Waals surface area contributed by atoms with Gasteiger partial charge in [0.25, 0.3) is 0 Å². The number of aromatic nitrogens is 1. The third-order valence-corrected chi connectivity index (χ3v) is 3.51. The number of pyridine rings is 1. The van der Waals surface area contributed by atoms with E-state index in [1.165, 1.54) is 13.3 Å². The molecule has 2 unspecified atom stereocenters. The van der Waals surface area contributed by atoms with E-state index in [4.69, 9.17) is 9.47 Å². The minimum absolute atomic E-state index is 0.0803. The van der Waals surface area contributed by atoms with Crippen LogP contribution in [0.4, 0.5) is 10.5 Å². The molecule has 0 aliphatic carbocycles. The second-order valence-electron chi connectivity index (χ2n) is 5.46. The van der Waals surface area contributed by atoms with E-state index in [0.29, 0.717) is 11.6 Å². The van der Waals surface area contributed by atoms with Crippen molar-refractivity contribution in [3.63, 3.8) is 0 Å². The summed E-state index contributed by atoms with van der Waals surface area (Å²) in [6.45, 7) is 2.12. The van der Waals surface area contributed by atoms with Gasteiger partial charge in [-0.2, -0.15) is 0 Å². The molecule has 7 heteroatoms. The number of anilines is 1. The van der Waals surface area contributed by atoms with Gasteiger partial charge in [-0.1, -0.05) is 30.3 Å². The van der Waals surface area contributed by atoms with Crippen molar-refractivity contribution in [1.29, 1.82) is 0 Å². The maximum absolute atomic E-state index is 11.8. The minimum Gasteiger partial charge on any atom is -0.481 e. The van der Waals surface area contributed by atoms with Crippen molar-refractivity contribution in [2.75, 3.05) is 25.6 Å². The van der Waals surface area contributed by atoms with Crippen LogP contribution in [0.1, 0.15) is 18.6 Å². The highest BCUT2D eigenvalue weighted by Gasteiger charge is 2.11. The second kappa shape index (κ2) is 9.61. The summed E-state index contributed by atoms with van der Waals surface area (Å²) in [5, 5.41) is 15.1. The van der Waals surface area contributed by atoms with Crippen LogP contribution in [0, 0.1) is 0 Å². The molecule has 2 atom stereocenters. The molecule has 0 saturated carbocycles. The Labute approximate surface area is 147 Å². The topological polar surface area (TPSA) is 92.7 Å². The number of hydrogen-bond donors (Lipinski definition) is 3. The molecule has 0 radical (unpaired) electrons. The number of ether oxygens (including phenoxy) is 2. The summed E-state index contributed by atoms with van der Waals surface area (Å²) < 4.78 is 10.6. The number of nitrogens with one attached hydrogen (secondary N) is 2. The molecule has 2 amide bonds. The molecule has 0 aliphatic rings. The number of aliphatic hydroxyl groups is 1. The fraction of sp³-hybridized carbons (Fsp3) is 0.333. The Bertz CT molecular complexity index is 649. The van der Waals surface area contributed by atoms with Crippen molar-refractivity contribution in [3.8, 4) is 5.88 Å². The third kappa shape index (κ3) is 6.40. The number of carbonyl (C=O) groups is 1. The number of urea groups is 1. The number of methoxy groups -OCH3 is 1. The van der Waals surface area contributed by atoms with Crippen LogP contribution in [0.3, 0.4) is 0 Å². The van der Waals surface area contributed by atoms with Crippen LogP contribution in [0.5, 0.6) is 5.88 Å². The van der Waals surface area contributed by atoms with Crippen molar-refractivity contribution >= 4 is 11.7 Å². The fourth-order valence-corrected chi connectivity index (χ4v) is 2.10. The van der Waals surface area contributed by atoms with E-state index >= 15 is 0 Å². The summed E-state index contributed by atoms with van der Waals surface area (Å²) in [5.41, 5.74) is 1.56. The molecule has 0 spiro atoms. The van der Waals surface area contributed by atoms with Gasteiger partial charge >= 0.3 is 6.03 Å². The van der Waals surface area contributed by atoms with Gasteiger partial charge in [0.1, 0.15) is 0 Å². The SMILES string of the molecule is COc1ccc(NC(=O)NCC(O)COC(C)c2ccccc2)cn1. The molecular weight excluding hydrogens is 322 g/mol. The number of rotatable bonds is 8. The van der Waals surface area contributed by atoms with Crippen LogP contribution in [0.15, 0.2) is 48.7 Å². The zero-order chi connectivity index (χ0) is 18.1. The average molecular weight is 345 g/mol. The van der Waals surface area contributed by atoms with Crippen LogP contribution < -0.4 is 15.4 Å². The van der Waals surface area contributed by atoms with Gasteiger partial charge in [-0.25, -0.2) is 9.78 Å². The molecule has 25 heavy (non-hydrogen) atoms. The van der Waals surface area contributed by atoms with Gasteiger partial charge in [0.05, 0.1) is 37.8 Å². The normalized spacial score (nSPS) is 12.9. The van der Waals surface area contributed by atoms with Crippen molar-refractivity contribution in [3.05, 3.63) is 54.2 Å². The highest BCUT2D eigenvalue weighted by molar-refractivity contribution is 5.89. The molecule has 0 aliphatic heterocycles. The minimum atomic E-state index is -0.800. The predicted molar refractivity (Wildman–Crippen MR) is 94.6 cm³/mol. The molecule has 1 heterocycles. The summed E-state index contributed by atoms with van der Waals surface area (Å²) >= 11 is 0. The summed E-state index contributed by atoms with van der Waals surface area (Å²) in [6.07, 6.45) is 0.556. The highest BCUT2D eigenvalue weighted by atomic mass is 16.5. The fourth-order valence-electron chi connectivity index (χ4n) is 2.10. The van der Waals surface area contributed by atoms with Crippen molar-refractivity contribution in [2.24, 2.45) is 0 Å². The first-order valence-electron chi connectivity index (χ1n) is 7.98. The van der Waals surface area contributed by atoms with Gasteiger partial charge in [0.2, 0.25) is 5.88 Å². The summed E-state index contributed by atoms with van der Waals surface area (Å²) in [7, 11) is 1.52. The van der Waals surface area contributed by atoms with Gasteiger partial charge in [0, 0.05) is 12.6 Å². The lowest BCUT2D eigenvalue weighted by molar-refractivity contribution is -0.000953. The van der Waals surface area contributed by atoms with Crippen LogP contribution in [-0.4, -0.2) is 42.5 Å². The quantitative estimate of drug-likeness (QED) is 0.683. The van der Waals surface area contributed by atoms with Crippen LogP contribution in [0.25, 0.3) is 0 Å². The molecule has 2 rings (SSSR count). The Kier molecular flexibility index (Phi) is 7.18. The van der Waals surface area contributed by atoms with Gasteiger partial charge in [-0.15, -0.1) is 0 Å². The predicted octanol–water partition coefficient (Wildman–Crippen LogP) is 2.35. The zero-order valence-corrected chi connectivity index (χ0v) is 14.3. The smallest absolute Gasteiger partial charge is 0.319 e. The standard InChI is InChI=1S/C18H23N3O4/c1-13(14-6-4-3-5-7-14)25-12-16(22)11-20-18(23)21-15-8-9-17(24-2)19-10-15/h3-10,13,16,22H,11-12H2,1-2H3,(H2,20,21,23). The first-order chi connectivity index (χ1) is 12.1. The van der Waals surface area contributed by atoms with E-state index in [9.17, 15) is 9.90 Å². The number of nitrogens with zero attached hydrogens (tertiary/aromatic N) is 1. The summed E-state index contributed by atoms with van der Waals surface area (Å²) in [5.74, 6) is 0.464. The number of hydrogen-bond acceptors (Lipinski definition) is 5. The van der Waals surface area contributed by atoms with Gasteiger partial charge in [-0.3, -0.25) is 0 Å². The molecule has 7 nitrogen and oxygen atoms in total. The monoisotopic (exact) mass is 345 g/mol. The van der Waals surface area contributed by atoms with E-state index in [-0.39, 0.29) is 19.3 Å². The number of carbonyl (C=O) groups excluding carboxylic acids is 1. The lowest BCUT2D eigenvalue weighted by Gasteiger charge is -2.17. The molecule has 0 fully saturated rings. The van der Waals surface area contributed by atoms with Gasteiger partial charge < -0.3 is 25.2 Å². The van der Waals surface area contributed by atoms with Crippen molar-refractivity contribution in [1.82, 2.24) is 10.3 Å². The van der Waals surface area contributed by atoms with Gasteiger partial charge in [-0.05, 0) is 18.6 Å². The Morgan fingerprint density at radius 1 is 1.24 bits per heavy atom. The molecule has 2 aromatic rings. The third-order valence-electron chi connectivity index (χ3n) is 3.51. The Morgan fingerprint density at radius 2 is 2.00 bits per heavy atom. The van der Waals surface area contributed by atoms with Crippen LogP contribution >= 0.6 is 0 Å². The lowest BCUT2D eigenvalue weighted by Crippen LogP contribution is -2.37. The molecule has 3 N–H and O–H groups in total. The molecule has 0 saturated heterocycles. The first-order valence-corrected chi connectivity index (χ1v) is 7.98. The molecule has 0 bridgehead atoms. The number of aliphatic hydroxyl groups excluding tert-OH is 1. The van der Waals surface area contributed by atoms with E-state index < -0.39 is 12.1 Å². The van der Waals surface area contributed by atoms with E-state index in [1.54, 1.807) is 12.1 Å². The number of amides is 2. The van der Waals surface area contributed by atoms with Gasteiger partial charge in [0.15, 0.2) is 0 Å². The Morgan fingerprint density at radius 3 is 2.64 bits per heavy atom. The first kappa shape index (κ1) is 18.7. The number of benzene rings is 1. The van der Waals surface area contributed by atoms with Crippen molar-refractivity contribution in [2.45, 2.75) is 19.1 Å². The maximum Gasteiger partial charge on any atom is 0.319 e. The van der Waals surface area contributed by atoms with E-state index in [0.717, 1.165) is 5.56 Å². The Hall–Kier alpha value is -2.64. The van der Waals surface area contributed by atoms with Crippen LogP contribution in [-0.2, 0) is 4.74 Å². The summed E-state index contributed by atoms with van der Waals surface area (Å²) in [4.78, 5) is 15.8. The Balaban J connectivity index is 1.68. The van der Waals surface area contributed by atoms with Crippen molar-refractivity contribution < 1.29 is 19.4 Å². The van der Waals surface area contributed by atoms with E-state index in [2.05, 4.69) is 15.6 Å². The maximum atomic E-state index is 11.8. The molecule has 134 valence electrons.